The number of amides is 1. The van der Waals surface area contributed by atoms with Gasteiger partial charge >= 0.3 is 0 Å². The van der Waals surface area contributed by atoms with Crippen LogP contribution in [0.15, 0.2) is 71.6 Å². The van der Waals surface area contributed by atoms with E-state index >= 15 is 0 Å². The maximum absolute atomic E-state index is 13.5. The second kappa shape index (κ2) is 10.9. The predicted octanol–water partition coefficient (Wildman–Crippen LogP) is 5.21. The fourth-order valence-electron chi connectivity index (χ4n) is 3.07. The van der Waals surface area contributed by atoms with Crippen LogP contribution in [0, 0.1) is 6.92 Å². The summed E-state index contributed by atoms with van der Waals surface area (Å²) in [5.41, 5.74) is 2.03. The second-order valence-electron chi connectivity index (χ2n) is 7.26. The lowest BCUT2D eigenvalue weighted by Crippen LogP contribution is -2.40. The number of hydrogen-bond acceptors (Lipinski definition) is 4. The van der Waals surface area contributed by atoms with Crippen molar-refractivity contribution in [1.29, 1.82) is 0 Å². The van der Waals surface area contributed by atoms with Gasteiger partial charge in [0, 0.05) is 16.6 Å². The molecule has 0 radical (unpaired) electrons. The van der Waals surface area contributed by atoms with Gasteiger partial charge in [0.2, 0.25) is 5.91 Å². The van der Waals surface area contributed by atoms with E-state index in [0.29, 0.717) is 33.7 Å². The summed E-state index contributed by atoms with van der Waals surface area (Å²) in [6.07, 6.45) is 0. The number of benzene rings is 3. The molecule has 174 valence electrons. The molecule has 3 aromatic carbocycles. The normalized spacial score (nSPS) is 11.2. The smallest absolute Gasteiger partial charge is 0.264 e. The third-order valence-corrected chi connectivity index (χ3v) is 7.20. The summed E-state index contributed by atoms with van der Waals surface area (Å²) < 4.78 is 33.4. The zero-order valence-corrected chi connectivity index (χ0v) is 20.5. The zero-order chi connectivity index (χ0) is 24.0. The van der Waals surface area contributed by atoms with E-state index < -0.39 is 22.5 Å². The molecule has 0 aliphatic carbocycles. The quantitative estimate of drug-likeness (QED) is 0.432. The van der Waals surface area contributed by atoms with Crippen molar-refractivity contribution in [3.8, 4) is 5.75 Å². The number of hydrogen-bond donors (Lipinski definition) is 1. The number of carbonyl (C=O) groups is 1. The molecule has 0 saturated carbocycles. The molecule has 0 fully saturated rings. The van der Waals surface area contributed by atoms with Crippen LogP contribution >= 0.6 is 23.2 Å². The Balaban J connectivity index is 1.84. The van der Waals surface area contributed by atoms with Crippen LogP contribution in [-0.2, 0) is 21.4 Å². The second-order valence-corrected chi connectivity index (χ2v) is 9.97. The summed E-state index contributed by atoms with van der Waals surface area (Å²) in [5.74, 6) is 0.0898. The molecule has 3 rings (SSSR count). The summed E-state index contributed by atoms with van der Waals surface area (Å²) >= 11 is 12.1. The molecule has 0 aliphatic rings. The van der Waals surface area contributed by atoms with Gasteiger partial charge in [-0.3, -0.25) is 9.10 Å². The van der Waals surface area contributed by atoms with Crippen molar-refractivity contribution in [1.82, 2.24) is 5.32 Å². The number of halogens is 2. The summed E-state index contributed by atoms with van der Waals surface area (Å²) in [7, 11) is -4.02. The summed E-state index contributed by atoms with van der Waals surface area (Å²) in [4.78, 5) is 12.8. The van der Waals surface area contributed by atoms with Gasteiger partial charge in [0.1, 0.15) is 12.3 Å². The number of aryl methyl sites for hydroxylation is 1. The molecule has 0 unspecified atom stereocenters. The van der Waals surface area contributed by atoms with E-state index in [1.165, 1.54) is 12.1 Å². The Kier molecular flexibility index (Phi) is 8.24. The summed E-state index contributed by atoms with van der Waals surface area (Å²) in [6.45, 7) is 3.96. The molecule has 3 aromatic rings. The Morgan fingerprint density at radius 1 is 1.00 bits per heavy atom. The highest BCUT2D eigenvalue weighted by molar-refractivity contribution is 7.92. The first-order valence-corrected chi connectivity index (χ1v) is 12.4. The minimum absolute atomic E-state index is 0.0556. The number of carbonyl (C=O) groups excluding carboxylic acids is 1. The molecule has 0 atom stereocenters. The maximum atomic E-state index is 13.5. The standard InChI is InChI=1S/C24H24Cl2N2O4S/c1-3-32-21-10-12-22(13-11-21)33(30,31)28(20-8-4-17(2)5-9-20)16-24(29)27-15-18-6-7-19(25)14-23(18)26/h4-14H,3,15-16H2,1-2H3,(H,27,29). The molecule has 6 nitrogen and oxygen atoms in total. The predicted molar refractivity (Wildman–Crippen MR) is 132 cm³/mol. The highest BCUT2D eigenvalue weighted by atomic mass is 35.5. The number of rotatable bonds is 9. The lowest BCUT2D eigenvalue weighted by atomic mass is 10.2. The van der Waals surface area contributed by atoms with E-state index in [0.717, 1.165) is 9.87 Å². The van der Waals surface area contributed by atoms with Gasteiger partial charge in [-0.1, -0.05) is 47.0 Å². The first-order chi connectivity index (χ1) is 15.7. The molecule has 0 spiro atoms. The van der Waals surface area contributed by atoms with Gasteiger partial charge in [-0.2, -0.15) is 0 Å². The van der Waals surface area contributed by atoms with E-state index in [9.17, 15) is 13.2 Å². The van der Waals surface area contributed by atoms with Crippen LogP contribution in [-0.4, -0.2) is 27.5 Å². The van der Waals surface area contributed by atoms with Crippen molar-refractivity contribution in [3.05, 3.63) is 87.9 Å². The van der Waals surface area contributed by atoms with Crippen LogP contribution < -0.4 is 14.4 Å². The Morgan fingerprint density at radius 2 is 1.67 bits per heavy atom. The van der Waals surface area contributed by atoms with Gasteiger partial charge in [-0.15, -0.1) is 0 Å². The zero-order valence-electron chi connectivity index (χ0n) is 18.2. The Labute approximate surface area is 204 Å². The maximum Gasteiger partial charge on any atom is 0.264 e. The van der Waals surface area contributed by atoms with E-state index in [1.807, 2.05) is 13.8 Å². The first-order valence-electron chi connectivity index (χ1n) is 10.2. The molecule has 33 heavy (non-hydrogen) atoms. The number of nitrogens with one attached hydrogen (secondary N) is 1. The number of anilines is 1. The molecule has 0 heterocycles. The molecular weight excluding hydrogens is 483 g/mol. The van der Waals surface area contributed by atoms with Crippen LogP contribution in [0.1, 0.15) is 18.1 Å². The first kappa shape index (κ1) is 24.9. The minimum Gasteiger partial charge on any atom is -0.494 e. The van der Waals surface area contributed by atoms with Crippen molar-refractivity contribution in [2.75, 3.05) is 17.5 Å². The topological polar surface area (TPSA) is 75.7 Å². The number of ether oxygens (including phenoxy) is 1. The van der Waals surface area contributed by atoms with Crippen LogP contribution in [0.5, 0.6) is 5.75 Å². The van der Waals surface area contributed by atoms with Crippen LogP contribution in [0.25, 0.3) is 0 Å². The van der Waals surface area contributed by atoms with Gasteiger partial charge in [0.15, 0.2) is 0 Å². The van der Waals surface area contributed by atoms with Crippen molar-refractivity contribution in [2.24, 2.45) is 0 Å². The SMILES string of the molecule is CCOc1ccc(S(=O)(=O)N(CC(=O)NCc2ccc(Cl)cc2Cl)c2ccc(C)cc2)cc1. The molecule has 0 aromatic heterocycles. The van der Waals surface area contributed by atoms with E-state index in [1.54, 1.807) is 54.6 Å². The van der Waals surface area contributed by atoms with Crippen molar-refractivity contribution in [3.63, 3.8) is 0 Å². The molecule has 9 heteroatoms. The van der Waals surface area contributed by atoms with Crippen LogP contribution in [0.3, 0.4) is 0 Å². The fraction of sp³-hybridized carbons (Fsp3) is 0.208. The Morgan fingerprint density at radius 3 is 2.27 bits per heavy atom. The molecule has 1 amide bonds. The molecular formula is C24H24Cl2N2O4S. The van der Waals surface area contributed by atoms with Gasteiger partial charge in [0.05, 0.1) is 17.2 Å². The van der Waals surface area contributed by atoms with Crippen molar-refractivity contribution >= 4 is 44.8 Å². The number of nitrogens with zero attached hydrogens (tertiary/aromatic N) is 1. The van der Waals surface area contributed by atoms with E-state index in [-0.39, 0.29) is 11.4 Å². The molecule has 1 N–H and O–H groups in total. The van der Waals surface area contributed by atoms with Gasteiger partial charge in [-0.25, -0.2) is 8.42 Å². The molecule has 0 aliphatic heterocycles. The third-order valence-electron chi connectivity index (χ3n) is 4.82. The largest absolute Gasteiger partial charge is 0.494 e. The monoisotopic (exact) mass is 506 g/mol. The van der Waals surface area contributed by atoms with Gasteiger partial charge < -0.3 is 10.1 Å². The minimum atomic E-state index is -4.02. The van der Waals surface area contributed by atoms with Crippen molar-refractivity contribution < 1.29 is 17.9 Å². The Bertz CT molecular complexity index is 1210. The summed E-state index contributed by atoms with van der Waals surface area (Å²) in [5, 5.41) is 3.63. The van der Waals surface area contributed by atoms with Crippen LogP contribution in [0.4, 0.5) is 5.69 Å². The average molecular weight is 507 g/mol. The van der Waals surface area contributed by atoms with Gasteiger partial charge in [-0.05, 0) is 67.9 Å². The lowest BCUT2D eigenvalue weighted by Gasteiger charge is -2.24. The number of sulfonamides is 1. The highest BCUT2D eigenvalue weighted by Crippen LogP contribution is 2.26. The van der Waals surface area contributed by atoms with Crippen LogP contribution in [0.2, 0.25) is 10.0 Å². The van der Waals surface area contributed by atoms with E-state index in [4.69, 9.17) is 27.9 Å². The fourth-order valence-corrected chi connectivity index (χ4v) is 4.97. The van der Waals surface area contributed by atoms with Gasteiger partial charge in [0.25, 0.3) is 10.0 Å². The third kappa shape index (κ3) is 6.41. The average Bonchev–Trinajstić information content (AvgIpc) is 2.78. The molecule has 0 saturated heterocycles. The lowest BCUT2D eigenvalue weighted by molar-refractivity contribution is -0.119. The Hall–Kier alpha value is -2.74. The van der Waals surface area contributed by atoms with Crippen molar-refractivity contribution in [2.45, 2.75) is 25.3 Å². The van der Waals surface area contributed by atoms with E-state index in [2.05, 4.69) is 5.32 Å². The molecule has 0 bridgehead atoms. The highest BCUT2D eigenvalue weighted by Gasteiger charge is 2.27. The summed E-state index contributed by atoms with van der Waals surface area (Å²) in [6, 6.07) is 18.0.